The molecule has 26 heavy (non-hydrogen) atoms. The Morgan fingerprint density at radius 1 is 1.15 bits per heavy atom. The van der Waals surface area contributed by atoms with E-state index in [1.807, 2.05) is 24.1 Å². The highest BCUT2D eigenvalue weighted by atomic mass is 35.5. The number of nitrogens with one attached hydrogen (secondary N) is 1. The normalized spacial score (nSPS) is 21.0. The molecule has 2 aliphatic heterocycles. The fraction of sp³-hybridized carbons (Fsp3) is 0.579. The van der Waals surface area contributed by atoms with E-state index in [4.69, 9.17) is 11.6 Å². The quantitative estimate of drug-likeness (QED) is 0.774. The third-order valence-corrected chi connectivity index (χ3v) is 5.62. The SMILES string of the molecule is CNCCC1CCN(C(=O)C2CCN(c3ccc(Cl)cc3)C2=O)CC1.Cl. The zero-order valence-corrected chi connectivity index (χ0v) is 16.7. The number of likely N-dealkylation sites (tertiary alicyclic amines) is 1. The van der Waals surface area contributed by atoms with Gasteiger partial charge in [0.1, 0.15) is 5.92 Å². The van der Waals surface area contributed by atoms with Crippen molar-refractivity contribution in [2.75, 3.05) is 38.1 Å². The molecule has 2 aliphatic rings. The summed E-state index contributed by atoms with van der Waals surface area (Å²) < 4.78 is 0. The Balaban J connectivity index is 0.00000243. The molecular weight excluding hydrogens is 373 g/mol. The number of piperidine rings is 1. The molecule has 0 bridgehead atoms. The largest absolute Gasteiger partial charge is 0.342 e. The summed E-state index contributed by atoms with van der Waals surface area (Å²) in [6.45, 7) is 3.17. The minimum absolute atomic E-state index is 0. The molecule has 0 saturated carbocycles. The van der Waals surface area contributed by atoms with Crippen molar-refractivity contribution < 1.29 is 9.59 Å². The highest BCUT2D eigenvalue weighted by molar-refractivity contribution is 6.30. The molecule has 5 nitrogen and oxygen atoms in total. The maximum Gasteiger partial charge on any atom is 0.239 e. The number of carbonyl (C=O) groups excluding carboxylic acids is 2. The summed E-state index contributed by atoms with van der Waals surface area (Å²) in [4.78, 5) is 29.1. The van der Waals surface area contributed by atoms with Gasteiger partial charge in [0.2, 0.25) is 11.8 Å². The molecule has 0 aliphatic carbocycles. The first-order chi connectivity index (χ1) is 12.1. The monoisotopic (exact) mass is 399 g/mol. The minimum Gasteiger partial charge on any atom is -0.342 e. The second kappa shape index (κ2) is 9.58. The molecule has 7 heteroatoms. The van der Waals surface area contributed by atoms with E-state index >= 15 is 0 Å². The second-order valence-electron chi connectivity index (χ2n) is 6.97. The van der Waals surface area contributed by atoms with Crippen LogP contribution in [0.15, 0.2) is 24.3 Å². The Morgan fingerprint density at radius 3 is 2.42 bits per heavy atom. The molecule has 1 aromatic carbocycles. The van der Waals surface area contributed by atoms with Gasteiger partial charge in [0, 0.05) is 30.3 Å². The number of halogens is 2. The van der Waals surface area contributed by atoms with E-state index in [0.717, 1.165) is 44.6 Å². The number of hydrogen-bond donors (Lipinski definition) is 1. The summed E-state index contributed by atoms with van der Waals surface area (Å²) in [5.74, 6) is 0.0871. The van der Waals surface area contributed by atoms with Gasteiger partial charge in [-0.3, -0.25) is 9.59 Å². The first-order valence-corrected chi connectivity index (χ1v) is 9.48. The Labute approximate surface area is 166 Å². The lowest BCUT2D eigenvalue weighted by Gasteiger charge is -2.33. The maximum atomic E-state index is 12.8. The van der Waals surface area contributed by atoms with Crippen molar-refractivity contribution in [3.8, 4) is 0 Å². The van der Waals surface area contributed by atoms with Crippen molar-refractivity contribution in [1.82, 2.24) is 10.2 Å². The van der Waals surface area contributed by atoms with Crippen molar-refractivity contribution >= 4 is 41.5 Å². The van der Waals surface area contributed by atoms with E-state index in [1.165, 1.54) is 0 Å². The molecule has 0 aromatic heterocycles. The van der Waals surface area contributed by atoms with Crippen LogP contribution in [0.4, 0.5) is 5.69 Å². The van der Waals surface area contributed by atoms with Crippen molar-refractivity contribution in [2.24, 2.45) is 11.8 Å². The van der Waals surface area contributed by atoms with Crippen LogP contribution in [0.25, 0.3) is 0 Å². The summed E-state index contributed by atoms with van der Waals surface area (Å²) in [6, 6.07) is 7.21. The standard InChI is InChI=1S/C19H26ClN3O2.ClH/c1-21-10-6-14-7-11-22(12-8-14)18(24)17-9-13-23(19(17)25)16-4-2-15(20)3-5-16;/h2-5,14,17,21H,6-13H2,1H3;1H. The zero-order valence-electron chi connectivity index (χ0n) is 15.1. The van der Waals surface area contributed by atoms with Crippen molar-refractivity contribution in [1.29, 1.82) is 0 Å². The number of nitrogens with zero attached hydrogens (tertiary/aromatic N) is 2. The molecule has 144 valence electrons. The summed E-state index contributed by atoms with van der Waals surface area (Å²) in [5.41, 5.74) is 0.815. The fourth-order valence-corrected chi connectivity index (χ4v) is 3.92. The van der Waals surface area contributed by atoms with Crippen LogP contribution in [-0.4, -0.2) is 49.9 Å². The van der Waals surface area contributed by atoms with Crippen LogP contribution in [0, 0.1) is 11.8 Å². The van der Waals surface area contributed by atoms with Gasteiger partial charge in [0.05, 0.1) is 0 Å². The maximum absolute atomic E-state index is 12.8. The molecule has 1 atom stereocenters. The molecule has 0 radical (unpaired) electrons. The molecule has 1 aromatic rings. The molecule has 3 rings (SSSR count). The predicted molar refractivity (Wildman–Crippen MR) is 107 cm³/mol. The van der Waals surface area contributed by atoms with Gasteiger partial charge in [0.15, 0.2) is 0 Å². The van der Waals surface area contributed by atoms with E-state index in [9.17, 15) is 9.59 Å². The average Bonchev–Trinajstić information content (AvgIpc) is 3.02. The van der Waals surface area contributed by atoms with Gasteiger partial charge in [-0.15, -0.1) is 12.4 Å². The highest BCUT2D eigenvalue weighted by Crippen LogP contribution is 2.29. The molecule has 2 heterocycles. The summed E-state index contributed by atoms with van der Waals surface area (Å²) in [7, 11) is 1.97. The van der Waals surface area contributed by atoms with Gasteiger partial charge in [-0.25, -0.2) is 0 Å². The van der Waals surface area contributed by atoms with Gasteiger partial charge in [0.25, 0.3) is 0 Å². The van der Waals surface area contributed by atoms with Crippen LogP contribution in [0.3, 0.4) is 0 Å². The van der Waals surface area contributed by atoms with E-state index in [2.05, 4.69) is 5.32 Å². The molecule has 2 fully saturated rings. The number of benzene rings is 1. The van der Waals surface area contributed by atoms with Crippen molar-refractivity contribution in [3.63, 3.8) is 0 Å². The molecule has 0 spiro atoms. The number of rotatable bonds is 5. The van der Waals surface area contributed by atoms with E-state index in [0.29, 0.717) is 23.9 Å². The van der Waals surface area contributed by atoms with Crippen LogP contribution >= 0.6 is 24.0 Å². The number of hydrogen-bond acceptors (Lipinski definition) is 3. The van der Waals surface area contributed by atoms with Gasteiger partial charge in [-0.05, 0) is 69.5 Å². The lowest BCUT2D eigenvalue weighted by atomic mass is 9.92. The number of anilines is 1. The van der Waals surface area contributed by atoms with Crippen molar-refractivity contribution in [3.05, 3.63) is 29.3 Å². The fourth-order valence-electron chi connectivity index (χ4n) is 3.80. The summed E-state index contributed by atoms with van der Waals surface area (Å²) in [6.07, 6.45) is 3.83. The first kappa shape index (κ1) is 21.0. The van der Waals surface area contributed by atoms with E-state index in [1.54, 1.807) is 17.0 Å². The Morgan fingerprint density at radius 2 is 1.81 bits per heavy atom. The second-order valence-corrected chi connectivity index (χ2v) is 7.40. The van der Waals surface area contributed by atoms with Gasteiger partial charge < -0.3 is 15.1 Å². The highest BCUT2D eigenvalue weighted by Gasteiger charge is 2.40. The van der Waals surface area contributed by atoms with Gasteiger partial charge >= 0.3 is 0 Å². The first-order valence-electron chi connectivity index (χ1n) is 9.10. The minimum atomic E-state index is -0.524. The summed E-state index contributed by atoms with van der Waals surface area (Å²) >= 11 is 5.91. The molecule has 1 unspecified atom stereocenters. The third-order valence-electron chi connectivity index (χ3n) is 5.37. The van der Waals surface area contributed by atoms with E-state index < -0.39 is 5.92 Å². The average molecular weight is 400 g/mol. The van der Waals surface area contributed by atoms with Crippen molar-refractivity contribution in [2.45, 2.75) is 25.7 Å². The molecule has 1 N–H and O–H groups in total. The Bertz CT molecular complexity index is 616. The lowest BCUT2D eigenvalue weighted by molar-refractivity contribution is -0.141. The smallest absolute Gasteiger partial charge is 0.239 e. The Kier molecular flexibility index (Phi) is 7.74. The molecule has 2 saturated heterocycles. The van der Waals surface area contributed by atoms with Gasteiger partial charge in [-0.2, -0.15) is 0 Å². The van der Waals surface area contributed by atoms with Crippen LogP contribution in [0.5, 0.6) is 0 Å². The van der Waals surface area contributed by atoms with Gasteiger partial charge in [-0.1, -0.05) is 11.6 Å². The van der Waals surface area contributed by atoms with Crippen LogP contribution in [-0.2, 0) is 9.59 Å². The van der Waals surface area contributed by atoms with E-state index in [-0.39, 0.29) is 24.2 Å². The Hall–Kier alpha value is -1.30. The van der Waals surface area contributed by atoms with Crippen LogP contribution < -0.4 is 10.2 Å². The number of carbonyl (C=O) groups is 2. The molecule has 2 amide bonds. The summed E-state index contributed by atoms with van der Waals surface area (Å²) in [5, 5.41) is 3.83. The molecular formula is C19H27Cl2N3O2. The van der Waals surface area contributed by atoms with Crippen LogP contribution in [0.2, 0.25) is 5.02 Å². The third kappa shape index (κ3) is 4.70. The lowest BCUT2D eigenvalue weighted by Crippen LogP contribution is -2.44. The predicted octanol–water partition coefficient (Wildman–Crippen LogP) is 2.96. The number of amides is 2. The van der Waals surface area contributed by atoms with Crippen LogP contribution in [0.1, 0.15) is 25.7 Å². The topological polar surface area (TPSA) is 52.7 Å². The zero-order chi connectivity index (χ0) is 17.8.